The molecule has 0 spiro atoms. The van der Waals surface area contributed by atoms with Crippen molar-refractivity contribution in [3.05, 3.63) is 54.0 Å². The minimum absolute atomic E-state index is 0.164. The minimum atomic E-state index is -0.334. The van der Waals surface area contributed by atoms with Crippen LogP contribution in [-0.2, 0) is 0 Å². The van der Waals surface area contributed by atoms with Gasteiger partial charge in [-0.05, 0) is 43.5 Å². The van der Waals surface area contributed by atoms with Crippen molar-refractivity contribution in [3.63, 3.8) is 0 Å². The van der Waals surface area contributed by atoms with Crippen LogP contribution in [0.3, 0.4) is 0 Å². The normalized spacial score (nSPS) is 14.3. The van der Waals surface area contributed by atoms with Gasteiger partial charge in [0.25, 0.3) is 5.91 Å². The van der Waals surface area contributed by atoms with Gasteiger partial charge in [-0.3, -0.25) is 4.79 Å². The number of nitrogens with zero attached hydrogens (tertiary/aromatic N) is 2. The third-order valence-corrected chi connectivity index (χ3v) is 4.57. The Labute approximate surface area is 144 Å². The van der Waals surface area contributed by atoms with Gasteiger partial charge < -0.3 is 11.1 Å². The van der Waals surface area contributed by atoms with Crippen LogP contribution in [0.1, 0.15) is 29.6 Å². The standard InChI is InChI=1S/C19H17FN4O/c20-12-4-1-3-11(9-12)16-8-7-14-15(10-22-18(21)17(14)24-16)19(25)23-13-5-2-6-13/h1,3-4,7-10,13H,2,5-6H2,(H2,21,22)(H,23,25). The van der Waals surface area contributed by atoms with E-state index < -0.39 is 0 Å². The van der Waals surface area contributed by atoms with Crippen LogP contribution < -0.4 is 11.1 Å². The molecule has 1 fully saturated rings. The summed E-state index contributed by atoms with van der Waals surface area (Å²) in [6.07, 6.45) is 4.64. The van der Waals surface area contributed by atoms with E-state index in [0.29, 0.717) is 27.7 Å². The van der Waals surface area contributed by atoms with E-state index in [0.717, 1.165) is 19.3 Å². The lowest BCUT2D eigenvalue weighted by molar-refractivity contribution is 0.0918. The molecule has 5 nitrogen and oxygen atoms in total. The number of hydrogen-bond donors (Lipinski definition) is 2. The Morgan fingerprint density at radius 1 is 1.24 bits per heavy atom. The zero-order chi connectivity index (χ0) is 17.4. The maximum absolute atomic E-state index is 13.5. The summed E-state index contributed by atoms with van der Waals surface area (Å²) in [5, 5.41) is 3.64. The first-order valence-corrected chi connectivity index (χ1v) is 8.24. The number of rotatable bonds is 3. The topological polar surface area (TPSA) is 80.9 Å². The van der Waals surface area contributed by atoms with Crippen LogP contribution in [0.15, 0.2) is 42.6 Å². The van der Waals surface area contributed by atoms with E-state index in [2.05, 4.69) is 15.3 Å². The van der Waals surface area contributed by atoms with Gasteiger partial charge in [0.05, 0.1) is 11.3 Å². The highest BCUT2D eigenvalue weighted by Gasteiger charge is 2.22. The second-order valence-corrected chi connectivity index (χ2v) is 6.26. The predicted molar refractivity (Wildman–Crippen MR) is 94.4 cm³/mol. The molecule has 6 heteroatoms. The smallest absolute Gasteiger partial charge is 0.253 e. The Morgan fingerprint density at radius 2 is 2.08 bits per heavy atom. The molecule has 3 N–H and O–H groups in total. The number of anilines is 1. The second kappa shape index (κ2) is 6.12. The molecule has 0 radical (unpaired) electrons. The summed E-state index contributed by atoms with van der Waals surface area (Å²) in [5.74, 6) is -0.255. The van der Waals surface area contributed by atoms with Gasteiger partial charge in [0.2, 0.25) is 0 Å². The molecule has 1 aliphatic carbocycles. The Morgan fingerprint density at radius 3 is 2.80 bits per heavy atom. The molecule has 1 aromatic carbocycles. The lowest BCUT2D eigenvalue weighted by Gasteiger charge is -2.26. The number of carbonyl (C=O) groups is 1. The lowest BCUT2D eigenvalue weighted by Crippen LogP contribution is -2.39. The first-order valence-electron chi connectivity index (χ1n) is 8.24. The molecule has 0 saturated heterocycles. The molecule has 0 unspecified atom stereocenters. The van der Waals surface area contributed by atoms with Crippen molar-refractivity contribution in [2.75, 3.05) is 5.73 Å². The van der Waals surface area contributed by atoms with Crippen molar-refractivity contribution >= 4 is 22.6 Å². The first-order chi connectivity index (χ1) is 12.1. The molecule has 4 rings (SSSR count). The summed E-state index contributed by atoms with van der Waals surface area (Å²) >= 11 is 0. The van der Waals surface area contributed by atoms with Gasteiger partial charge in [-0.1, -0.05) is 12.1 Å². The van der Waals surface area contributed by atoms with Crippen molar-refractivity contribution < 1.29 is 9.18 Å². The Bertz CT molecular complexity index is 969. The van der Waals surface area contributed by atoms with Gasteiger partial charge in [-0.15, -0.1) is 0 Å². The van der Waals surface area contributed by atoms with E-state index in [1.807, 2.05) is 0 Å². The van der Waals surface area contributed by atoms with Gasteiger partial charge in [0.15, 0.2) is 0 Å². The number of halogens is 1. The summed E-state index contributed by atoms with van der Waals surface area (Å²) in [6.45, 7) is 0. The third-order valence-electron chi connectivity index (χ3n) is 4.57. The molecular formula is C19H17FN4O. The molecule has 1 saturated carbocycles. The van der Waals surface area contributed by atoms with E-state index in [1.54, 1.807) is 24.3 Å². The number of pyridine rings is 2. The van der Waals surface area contributed by atoms with Crippen molar-refractivity contribution in [3.8, 4) is 11.3 Å². The van der Waals surface area contributed by atoms with Crippen molar-refractivity contribution in [1.82, 2.24) is 15.3 Å². The molecule has 1 aliphatic rings. The molecule has 0 bridgehead atoms. The molecule has 0 atom stereocenters. The van der Waals surface area contributed by atoms with Crippen molar-refractivity contribution in [2.45, 2.75) is 25.3 Å². The van der Waals surface area contributed by atoms with Gasteiger partial charge >= 0.3 is 0 Å². The van der Waals surface area contributed by atoms with Crippen LogP contribution >= 0.6 is 0 Å². The van der Waals surface area contributed by atoms with Gasteiger partial charge in [-0.2, -0.15) is 0 Å². The van der Waals surface area contributed by atoms with Crippen LogP contribution in [0.4, 0.5) is 10.2 Å². The summed E-state index contributed by atoms with van der Waals surface area (Å²) in [7, 11) is 0. The van der Waals surface area contributed by atoms with Crippen LogP contribution in [0.2, 0.25) is 0 Å². The van der Waals surface area contributed by atoms with Gasteiger partial charge in [-0.25, -0.2) is 14.4 Å². The average Bonchev–Trinajstić information content (AvgIpc) is 2.58. The molecule has 0 aliphatic heterocycles. The molecule has 126 valence electrons. The number of hydrogen-bond acceptors (Lipinski definition) is 4. The van der Waals surface area contributed by atoms with E-state index in [4.69, 9.17) is 5.73 Å². The summed E-state index contributed by atoms with van der Waals surface area (Å²) in [6, 6.07) is 9.97. The van der Waals surface area contributed by atoms with E-state index in [9.17, 15) is 9.18 Å². The maximum Gasteiger partial charge on any atom is 0.253 e. The average molecular weight is 336 g/mol. The zero-order valence-corrected chi connectivity index (χ0v) is 13.5. The van der Waals surface area contributed by atoms with Crippen LogP contribution in [-0.4, -0.2) is 21.9 Å². The number of benzene rings is 1. The largest absolute Gasteiger partial charge is 0.382 e. The number of nitrogen functional groups attached to an aromatic ring is 1. The quantitative estimate of drug-likeness (QED) is 0.769. The summed E-state index contributed by atoms with van der Waals surface area (Å²) in [5.41, 5.74) is 8.09. The number of amides is 1. The molecule has 25 heavy (non-hydrogen) atoms. The Balaban J connectivity index is 1.77. The molecule has 2 heterocycles. The fourth-order valence-corrected chi connectivity index (χ4v) is 2.94. The predicted octanol–water partition coefficient (Wildman–Crippen LogP) is 3.30. The second-order valence-electron chi connectivity index (χ2n) is 6.26. The number of nitrogens with one attached hydrogen (secondary N) is 1. The monoisotopic (exact) mass is 336 g/mol. The summed E-state index contributed by atoms with van der Waals surface area (Å²) in [4.78, 5) is 21.1. The third kappa shape index (κ3) is 2.91. The van der Waals surface area contributed by atoms with E-state index >= 15 is 0 Å². The molecule has 3 aromatic rings. The fourth-order valence-electron chi connectivity index (χ4n) is 2.94. The van der Waals surface area contributed by atoms with Gasteiger partial charge in [0, 0.05) is 23.2 Å². The fraction of sp³-hybridized carbons (Fsp3) is 0.211. The molecule has 1 amide bonds. The lowest BCUT2D eigenvalue weighted by atomic mass is 9.93. The van der Waals surface area contributed by atoms with Crippen molar-refractivity contribution in [2.24, 2.45) is 0 Å². The maximum atomic E-state index is 13.5. The van der Waals surface area contributed by atoms with E-state index in [1.165, 1.54) is 18.3 Å². The number of aromatic nitrogens is 2. The summed E-state index contributed by atoms with van der Waals surface area (Å²) < 4.78 is 13.5. The highest BCUT2D eigenvalue weighted by atomic mass is 19.1. The SMILES string of the molecule is Nc1ncc(C(=O)NC2CCC2)c2ccc(-c3cccc(F)c3)nc12. The van der Waals surface area contributed by atoms with Crippen LogP contribution in [0.5, 0.6) is 0 Å². The highest BCUT2D eigenvalue weighted by molar-refractivity contribution is 6.08. The number of nitrogens with two attached hydrogens (primary N) is 1. The first kappa shape index (κ1) is 15.5. The Kier molecular flexibility index (Phi) is 3.80. The van der Waals surface area contributed by atoms with Crippen LogP contribution in [0, 0.1) is 5.82 Å². The van der Waals surface area contributed by atoms with Gasteiger partial charge in [0.1, 0.15) is 17.2 Å². The van der Waals surface area contributed by atoms with E-state index in [-0.39, 0.29) is 23.6 Å². The Hall–Kier alpha value is -3.02. The minimum Gasteiger partial charge on any atom is -0.382 e. The number of fused-ring (bicyclic) bond motifs is 1. The molecule has 2 aromatic heterocycles. The van der Waals surface area contributed by atoms with Crippen molar-refractivity contribution in [1.29, 1.82) is 0 Å². The zero-order valence-electron chi connectivity index (χ0n) is 13.5. The highest BCUT2D eigenvalue weighted by Crippen LogP contribution is 2.27. The number of carbonyl (C=O) groups excluding carboxylic acids is 1. The molecular weight excluding hydrogens is 319 g/mol. The van der Waals surface area contributed by atoms with Crippen LogP contribution in [0.25, 0.3) is 22.2 Å².